The van der Waals surface area contributed by atoms with E-state index in [1.165, 1.54) is 28.0 Å². The van der Waals surface area contributed by atoms with Gasteiger partial charge in [-0.1, -0.05) is 36.4 Å². The second-order valence-electron chi connectivity index (χ2n) is 10.5. The molecule has 1 unspecified atom stereocenters. The molecule has 0 bridgehead atoms. The molecule has 3 atom stereocenters. The molecule has 2 heterocycles. The van der Waals surface area contributed by atoms with Crippen molar-refractivity contribution in [3.63, 3.8) is 0 Å². The van der Waals surface area contributed by atoms with Gasteiger partial charge in [0.1, 0.15) is 10.8 Å². The Kier molecular flexibility index (Phi) is 10.5. The zero-order chi connectivity index (χ0) is 31.1. The monoisotopic (exact) mass is 607 g/mol. The summed E-state index contributed by atoms with van der Waals surface area (Å²) in [6.45, 7) is 6.80. The Morgan fingerprint density at radius 3 is 2.35 bits per heavy atom. The lowest BCUT2D eigenvalue weighted by atomic mass is 9.99. The van der Waals surface area contributed by atoms with Crippen LogP contribution < -0.4 is 10.1 Å². The maximum Gasteiger partial charge on any atom is 0.303 e. The van der Waals surface area contributed by atoms with Gasteiger partial charge in [-0.2, -0.15) is 0 Å². The number of methoxy groups -OCH3 is 1. The maximum atomic E-state index is 13.9. The fourth-order valence-corrected chi connectivity index (χ4v) is 6.13. The number of rotatable bonds is 11. The standard InChI is InChI=1S/C32H37N3O7S/c1-19-10-8-11-20(2)25(19)16-23-18-43-28(34-23)17-33-31(38)29(41-21(3)36)30(42-22(4)37)32(39)35-15-9-13-26(35)24-12-6-7-14-27(24)40-5/h6-8,10-12,14,18,26,29-30H,9,13,15-17H2,1-5H3,(H,33,38)/t26?,29-,30-/m1/s1. The van der Waals surface area contributed by atoms with Crippen LogP contribution in [0.3, 0.4) is 0 Å². The molecule has 2 aromatic carbocycles. The number of ether oxygens (including phenoxy) is 3. The lowest BCUT2D eigenvalue weighted by molar-refractivity contribution is -0.178. The quantitative estimate of drug-likeness (QED) is 0.322. The van der Waals surface area contributed by atoms with Gasteiger partial charge in [0.2, 0.25) is 12.2 Å². The molecule has 4 rings (SSSR count). The number of likely N-dealkylation sites (tertiary alicyclic amines) is 1. The van der Waals surface area contributed by atoms with Crippen molar-refractivity contribution < 1.29 is 33.4 Å². The summed E-state index contributed by atoms with van der Waals surface area (Å²) in [5.74, 6) is -2.36. The number of para-hydroxylation sites is 1. The number of nitrogens with zero attached hydrogens (tertiary/aromatic N) is 2. The number of carbonyl (C=O) groups excluding carboxylic acids is 4. The Labute approximate surface area is 255 Å². The lowest BCUT2D eigenvalue weighted by Gasteiger charge is -2.32. The molecular formula is C32H37N3O7S. The van der Waals surface area contributed by atoms with Crippen LogP contribution in [0.2, 0.25) is 0 Å². The Morgan fingerprint density at radius 1 is 1.00 bits per heavy atom. The third-order valence-electron chi connectivity index (χ3n) is 7.41. The average molecular weight is 608 g/mol. The smallest absolute Gasteiger partial charge is 0.303 e. The third-order valence-corrected chi connectivity index (χ3v) is 8.31. The van der Waals surface area contributed by atoms with E-state index in [0.717, 1.165) is 25.1 Å². The van der Waals surface area contributed by atoms with Crippen molar-refractivity contribution in [1.82, 2.24) is 15.2 Å². The van der Waals surface area contributed by atoms with Gasteiger partial charge < -0.3 is 24.4 Å². The summed E-state index contributed by atoms with van der Waals surface area (Å²) in [6.07, 6.45) is -1.36. The first-order valence-electron chi connectivity index (χ1n) is 14.1. The molecule has 228 valence electrons. The minimum atomic E-state index is -1.69. The minimum Gasteiger partial charge on any atom is -0.496 e. The summed E-state index contributed by atoms with van der Waals surface area (Å²) in [4.78, 5) is 57.8. The molecule has 43 heavy (non-hydrogen) atoms. The van der Waals surface area contributed by atoms with Crippen molar-refractivity contribution in [1.29, 1.82) is 0 Å². The Bertz CT molecular complexity index is 1470. The van der Waals surface area contributed by atoms with Crippen LogP contribution in [0.5, 0.6) is 5.75 Å². The normalized spacial score (nSPS) is 15.8. The molecule has 11 heteroatoms. The predicted octanol–water partition coefficient (Wildman–Crippen LogP) is 4.20. The van der Waals surface area contributed by atoms with Gasteiger partial charge in [0.25, 0.3) is 11.8 Å². The Balaban J connectivity index is 1.52. The van der Waals surface area contributed by atoms with E-state index in [4.69, 9.17) is 14.2 Å². The van der Waals surface area contributed by atoms with E-state index in [-0.39, 0.29) is 12.6 Å². The highest BCUT2D eigenvalue weighted by Crippen LogP contribution is 2.37. The number of aryl methyl sites for hydroxylation is 2. The van der Waals surface area contributed by atoms with Crippen LogP contribution in [0.4, 0.5) is 0 Å². The van der Waals surface area contributed by atoms with Crippen molar-refractivity contribution in [3.05, 3.63) is 80.8 Å². The van der Waals surface area contributed by atoms with Crippen molar-refractivity contribution in [2.24, 2.45) is 0 Å². The highest BCUT2D eigenvalue weighted by Gasteiger charge is 2.44. The molecule has 0 radical (unpaired) electrons. The molecule has 0 aliphatic carbocycles. The summed E-state index contributed by atoms with van der Waals surface area (Å²) < 4.78 is 16.2. The van der Waals surface area contributed by atoms with E-state index >= 15 is 0 Å². The van der Waals surface area contributed by atoms with E-state index in [0.29, 0.717) is 36.6 Å². The van der Waals surface area contributed by atoms with E-state index in [1.54, 1.807) is 18.1 Å². The van der Waals surface area contributed by atoms with Crippen molar-refractivity contribution in [3.8, 4) is 5.75 Å². The van der Waals surface area contributed by atoms with E-state index in [1.807, 2.05) is 29.6 Å². The number of hydrogen-bond acceptors (Lipinski definition) is 9. The van der Waals surface area contributed by atoms with Crippen molar-refractivity contribution >= 4 is 35.1 Å². The van der Waals surface area contributed by atoms with Crippen LogP contribution in [0.15, 0.2) is 47.8 Å². The predicted molar refractivity (Wildman–Crippen MR) is 160 cm³/mol. The second kappa shape index (κ2) is 14.3. The molecule has 1 aliphatic heterocycles. The van der Waals surface area contributed by atoms with Gasteiger partial charge in [-0.3, -0.25) is 19.2 Å². The number of esters is 2. The summed E-state index contributed by atoms with van der Waals surface area (Å²) in [5, 5.41) is 5.29. The van der Waals surface area contributed by atoms with Crippen LogP contribution >= 0.6 is 11.3 Å². The van der Waals surface area contributed by atoms with Gasteiger partial charge in [-0.05, 0) is 49.4 Å². The van der Waals surface area contributed by atoms with Crippen LogP contribution in [0.25, 0.3) is 0 Å². The first-order chi connectivity index (χ1) is 20.6. The Hall–Kier alpha value is -4.25. The Morgan fingerprint density at radius 2 is 1.67 bits per heavy atom. The summed E-state index contributed by atoms with van der Waals surface area (Å²) >= 11 is 1.39. The van der Waals surface area contributed by atoms with Gasteiger partial charge in [-0.25, -0.2) is 4.98 Å². The fourth-order valence-electron chi connectivity index (χ4n) is 5.39. The molecule has 10 nitrogen and oxygen atoms in total. The number of hydrogen-bond donors (Lipinski definition) is 1. The van der Waals surface area contributed by atoms with Gasteiger partial charge in [0, 0.05) is 37.8 Å². The molecule has 0 saturated carbocycles. The van der Waals surface area contributed by atoms with Gasteiger partial charge in [-0.15, -0.1) is 11.3 Å². The molecular weight excluding hydrogens is 570 g/mol. The van der Waals surface area contributed by atoms with Crippen LogP contribution in [0, 0.1) is 13.8 Å². The van der Waals surface area contributed by atoms with Crippen LogP contribution in [-0.2, 0) is 41.6 Å². The number of nitrogens with one attached hydrogen (secondary N) is 1. The SMILES string of the molecule is COc1ccccc1C1CCCN1C(=O)[C@H](OC(C)=O)[C@@H](OC(C)=O)C(=O)NCc1nc(Cc2c(C)cccc2C)cs1. The van der Waals surface area contributed by atoms with E-state index < -0.39 is 36.0 Å². The average Bonchev–Trinajstić information content (AvgIpc) is 3.65. The zero-order valence-corrected chi connectivity index (χ0v) is 25.9. The molecule has 3 aromatic rings. The van der Waals surface area contributed by atoms with Crippen molar-refractivity contribution in [2.75, 3.05) is 13.7 Å². The van der Waals surface area contributed by atoms with Crippen molar-refractivity contribution in [2.45, 2.75) is 71.8 Å². The molecule has 1 saturated heterocycles. The lowest BCUT2D eigenvalue weighted by Crippen LogP contribution is -2.53. The maximum absolute atomic E-state index is 13.9. The van der Waals surface area contributed by atoms with Crippen LogP contribution in [-0.4, -0.2) is 59.5 Å². The zero-order valence-electron chi connectivity index (χ0n) is 25.0. The van der Waals surface area contributed by atoms with E-state index in [9.17, 15) is 19.2 Å². The molecule has 1 N–H and O–H groups in total. The molecule has 1 aromatic heterocycles. The summed E-state index contributed by atoms with van der Waals surface area (Å²) in [6, 6.07) is 13.1. The number of benzene rings is 2. The largest absolute Gasteiger partial charge is 0.496 e. The molecule has 1 aliphatic rings. The first-order valence-corrected chi connectivity index (χ1v) is 15.0. The molecule has 1 fully saturated rings. The summed E-state index contributed by atoms with van der Waals surface area (Å²) in [5.41, 5.74) is 5.23. The molecule has 2 amide bonds. The number of carbonyl (C=O) groups is 4. The van der Waals surface area contributed by atoms with Gasteiger partial charge in [0.15, 0.2) is 0 Å². The second-order valence-corrected chi connectivity index (χ2v) is 11.4. The first kappa shape index (κ1) is 31.7. The number of thiazole rings is 1. The number of aromatic nitrogens is 1. The minimum absolute atomic E-state index is 0.0442. The molecule has 0 spiro atoms. The highest BCUT2D eigenvalue weighted by molar-refractivity contribution is 7.09. The fraction of sp³-hybridized carbons (Fsp3) is 0.406. The third kappa shape index (κ3) is 7.78. The van der Waals surface area contributed by atoms with Gasteiger partial charge >= 0.3 is 11.9 Å². The van der Waals surface area contributed by atoms with E-state index in [2.05, 4.69) is 36.3 Å². The van der Waals surface area contributed by atoms with Gasteiger partial charge in [0.05, 0.1) is 25.4 Å². The van der Waals surface area contributed by atoms with Crippen LogP contribution in [0.1, 0.15) is 65.7 Å². The number of amides is 2. The topological polar surface area (TPSA) is 124 Å². The highest BCUT2D eigenvalue weighted by atomic mass is 32.1. The summed E-state index contributed by atoms with van der Waals surface area (Å²) in [7, 11) is 1.55.